The molecule has 0 aromatic heterocycles. The lowest BCUT2D eigenvalue weighted by atomic mass is 10.0. The quantitative estimate of drug-likeness (QED) is 0.812. The van der Waals surface area contributed by atoms with E-state index < -0.39 is 0 Å². The molecule has 2 saturated heterocycles. The first-order valence-electron chi connectivity index (χ1n) is 7.17. The summed E-state index contributed by atoms with van der Waals surface area (Å²) in [6.45, 7) is 4.99. The summed E-state index contributed by atoms with van der Waals surface area (Å²) in [6, 6.07) is 9.10. The van der Waals surface area contributed by atoms with Crippen LogP contribution in [-0.4, -0.2) is 37.1 Å². The van der Waals surface area contributed by atoms with Crippen molar-refractivity contribution < 1.29 is 0 Å². The Bertz CT molecular complexity index is 390. The van der Waals surface area contributed by atoms with Crippen LogP contribution in [-0.2, 0) is 0 Å². The highest BCUT2D eigenvalue weighted by molar-refractivity contribution is 5.56. The summed E-state index contributed by atoms with van der Waals surface area (Å²) in [7, 11) is 0. The summed E-state index contributed by atoms with van der Waals surface area (Å²) in [4.78, 5) is 5.17. The van der Waals surface area contributed by atoms with E-state index in [2.05, 4.69) is 28.0 Å². The number of rotatable bonds is 2. The molecule has 1 aromatic carbocycles. The molecule has 2 heterocycles. The molecule has 98 valence electrons. The van der Waals surface area contributed by atoms with Crippen molar-refractivity contribution in [2.45, 2.75) is 31.7 Å². The lowest BCUT2D eigenvalue weighted by Gasteiger charge is -2.37. The van der Waals surface area contributed by atoms with E-state index >= 15 is 0 Å². The number of benzene rings is 1. The van der Waals surface area contributed by atoms with Gasteiger partial charge >= 0.3 is 0 Å². The van der Waals surface area contributed by atoms with Crippen molar-refractivity contribution in [3.63, 3.8) is 0 Å². The molecule has 1 aromatic rings. The minimum atomic E-state index is 0.824. The first-order valence-corrected chi connectivity index (χ1v) is 7.17. The standard InChI is InChI=1S/C15H23N3/c16-13-4-3-5-15(12-13)18-10-6-14(7-11-18)17-8-1-2-9-17/h3-5,12,14H,1-2,6-11,16H2. The average Bonchev–Trinajstić information content (AvgIpc) is 2.93. The van der Waals surface area contributed by atoms with Crippen molar-refractivity contribution in [1.29, 1.82) is 0 Å². The van der Waals surface area contributed by atoms with Crippen LogP contribution in [0.2, 0.25) is 0 Å². The molecule has 0 amide bonds. The minimum absolute atomic E-state index is 0.824. The van der Waals surface area contributed by atoms with Crippen molar-refractivity contribution in [3.05, 3.63) is 24.3 Å². The van der Waals surface area contributed by atoms with Crippen LogP contribution in [0.3, 0.4) is 0 Å². The van der Waals surface area contributed by atoms with Gasteiger partial charge in [0.1, 0.15) is 0 Å². The summed E-state index contributed by atoms with van der Waals surface area (Å²) in [5, 5.41) is 0. The Morgan fingerprint density at radius 1 is 1.00 bits per heavy atom. The fourth-order valence-corrected chi connectivity index (χ4v) is 3.32. The molecule has 0 saturated carbocycles. The van der Waals surface area contributed by atoms with E-state index in [1.165, 1.54) is 57.5 Å². The van der Waals surface area contributed by atoms with Gasteiger partial charge in [0.05, 0.1) is 0 Å². The maximum Gasteiger partial charge on any atom is 0.0386 e. The van der Waals surface area contributed by atoms with Crippen LogP contribution in [0.1, 0.15) is 25.7 Å². The lowest BCUT2D eigenvalue weighted by molar-refractivity contribution is 0.208. The minimum Gasteiger partial charge on any atom is -0.399 e. The summed E-state index contributed by atoms with van der Waals surface area (Å²) >= 11 is 0. The van der Waals surface area contributed by atoms with E-state index in [9.17, 15) is 0 Å². The van der Waals surface area contributed by atoms with Crippen molar-refractivity contribution in [2.24, 2.45) is 0 Å². The van der Waals surface area contributed by atoms with Crippen LogP contribution in [0.25, 0.3) is 0 Å². The molecule has 3 rings (SSSR count). The van der Waals surface area contributed by atoms with Gasteiger partial charge in [-0.05, 0) is 57.0 Å². The highest BCUT2D eigenvalue weighted by atomic mass is 15.2. The lowest BCUT2D eigenvalue weighted by Crippen LogP contribution is -2.43. The number of piperidine rings is 1. The van der Waals surface area contributed by atoms with Gasteiger partial charge in [-0.3, -0.25) is 0 Å². The summed E-state index contributed by atoms with van der Waals surface area (Å²) in [6.07, 6.45) is 5.40. The third-order valence-corrected chi connectivity index (χ3v) is 4.36. The Balaban J connectivity index is 1.59. The van der Waals surface area contributed by atoms with E-state index in [-0.39, 0.29) is 0 Å². The van der Waals surface area contributed by atoms with Crippen molar-refractivity contribution >= 4 is 11.4 Å². The van der Waals surface area contributed by atoms with Crippen LogP contribution in [0.4, 0.5) is 11.4 Å². The molecule has 3 heteroatoms. The predicted molar refractivity (Wildman–Crippen MR) is 76.9 cm³/mol. The Morgan fingerprint density at radius 2 is 1.72 bits per heavy atom. The smallest absolute Gasteiger partial charge is 0.0386 e. The third-order valence-electron chi connectivity index (χ3n) is 4.36. The number of likely N-dealkylation sites (tertiary alicyclic amines) is 1. The van der Waals surface area contributed by atoms with Gasteiger partial charge in [0.25, 0.3) is 0 Å². The zero-order valence-corrected chi connectivity index (χ0v) is 11.0. The van der Waals surface area contributed by atoms with Gasteiger partial charge in [-0.15, -0.1) is 0 Å². The summed E-state index contributed by atoms with van der Waals surface area (Å²) in [5.41, 5.74) is 8.01. The van der Waals surface area contributed by atoms with Crippen molar-refractivity contribution in [1.82, 2.24) is 4.90 Å². The van der Waals surface area contributed by atoms with Gasteiger partial charge < -0.3 is 15.5 Å². The van der Waals surface area contributed by atoms with Crippen LogP contribution in [0.15, 0.2) is 24.3 Å². The van der Waals surface area contributed by atoms with Crippen LogP contribution in [0, 0.1) is 0 Å². The Kier molecular flexibility index (Phi) is 3.41. The van der Waals surface area contributed by atoms with E-state index in [0.29, 0.717) is 0 Å². The molecular formula is C15H23N3. The monoisotopic (exact) mass is 245 g/mol. The Labute approximate surface area is 110 Å². The molecule has 0 radical (unpaired) electrons. The second kappa shape index (κ2) is 5.19. The molecule has 2 fully saturated rings. The molecule has 0 aliphatic carbocycles. The number of nitrogen functional groups attached to an aromatic ring is 1. The highest BCUT2D eigenvalue weighted by Crippen LogP contribution is 2.25. The maximum absolute atomic E-state index is 5.86. The normalized spacial score (nSPS) is 22.6. The van der Waals surface area contributed by atoms with Crippen LogP contribution in [0.5, 0.6) is 0 Å². The third kappa shape index (κ3) is 2.46. The maximum atomic E-state index is 5.86. The fourth-order valence-electron chi connectivity index (χ4n) is 3.32. The van der Waals surface area contributed by atoms with Gasteiger partial charge in [0.15, 0.2) is 0 Å². The molecular weight excluding hydrogens is 222 g/mol. The molecule has 2 aliphatic rings. The molecule has 18 heavy (non-hydrogen) atoms. The number of nitrogens with zero attached hydrogens (tertiary/aromatic N) is 2. The Morgan fingerprint density at radius 3 is 2.39 bits per heavy atom. The topological polar surface area (TPSA) is 32.5 Å². The first-order chi connectivity index (χ1) is 8.83. The molecule has 3 nitrogen and oxygen atoms in total. The number of anilines is 2. The van der Waals surface area contributed by atoms with Gasteiger partial charge in [-0.1, -0.05) is 6.07 Å². The molecule has 2 aliphatic heterocycles. The zero-order chi connectivity index (χ0) is 12.4. The van der Waals surface area contributed by atoms with Crippen molar-refractivity contribution in [3.8, 4) is 0 Å². The van der Waals surface area contributed by atoms with Crippen molar-refractivity contribution in [2.75, 3.05) is 36.8 Å². The van der Waals surface area contributed by atoms with E-state index in [4.69, 9.17) is 5.73 Å². The van der Waals surface area contributed by atoms with Gasteiger partial charge in [-0.2, -0.15) is 0 Å². The van der Waals surface area contributed by atoms with E-state index in [1.807, 2.05) is 6.07 Å². The van der Waals surface area contributed by atoms with Crippen LogP contribution < -0.4 is 10.6 Å². The molecule has 0 bridgehead atoms. The molecule has 0 atom stereocenters. The second-order valence-corrected chi connectivity index (χ2v) is 5.56. The largest absolute Gasteiger partial charge is 0.399 e. The number of hydrogen-bond donors (Lipinski definition) is 1. The fraction of sp³-hybridized carbons (Fsp3) is 0.600. The molecule has 2 N–H and O–H groups in total. The average molecular weight is 245 g/mol. The van der Waals surface area contributed by atoms with E-state index in [1.54, 1.807) is 0 Å². The number of nitrogens with two attached hydrogens (primary N) is 1. The van der Waals surface area contributed by atoms with E-state index in [0.717, 1.165) is 11.7 Å². The van der Waals surface area contributed by atoms with Gasteiger partial charge in [0, 0.05) is 30.5 Å². The van der Waals surface area contributed by atoms with Gasteiger partial charge in [0.2, 0.25) is 0 Å². The molecule has 0 unspecified atom stereocenters. The zero-order valence-electron chi connectivity index (χ0n) is 11.0. The first kappa shape index (κ1) is 11.8. The predicted octanol–water partition coefficient (Wildman–Crippen LogP) is 2.33. The molecule has 0 spiro atoms. The number of hydrogen-bond acceptors (Lipinski definition) is 3. The second-order valence-electron chi connectivity index (χ2n) is 5.56. The Hall–Kier alpha value is -1.22. The summed E-state index contributed by atoms with van der Waals surface area (Å²) in [5.74, 6) is 0. The van der Waals surface area contributed by atoms with Gasteiger partial charge in [-0.25, -0.2) is 0 Å². The van der Waals surface area contributed by atoms with Crippen LogP contribution >= 0.6 is 0 Å². The highest BCUT2D eigenvalue weighted by Gasteiger charge is 2.26. The summed E-state index contributed by atoms with van der Waals surface area (Å²) < 4.78 is 0. The SMILES string of the molecule is Nc1cccc(N2CCC(N3CCCC3)CC2)c1.